The Morgan fingerprint density at radius 2 is 1.25 bits per heavy atom. The standard InChI is InChI=1S/C5H11FO.C2H6O.C2H6/c1-4(2)7-5(3)6;1-3-2;1-2/h4-5H,1-3H3;1-2H3;1-2H3. The van der Waals surface area contributed by atoms with Gasteiger partial charge in [-0.1, -0.05) is 13.8 Å². The highest BCUT2D eigenvalue weighted by Crippen LogP contribution is 1.95. The van der Waals surface area contributed by atoms with E-state index in [1.54, 1.807) is 28.1 Å². The fourth-order valence-electron chi connectivity index (χ4n) is 0.375. The van der Waals surface area contributed by atoms with Gasteiger partial charge in [-0.05, 0) is 20.8 Å². The SMILES string of the molecule is CC.CC(C)OC(C)F.COC. The number of hydrogen-bond donors (Lipinski definition) is 0. The summed E-state index contributed by atoms with van der Waals surface area (Å²) in [7, 11) is 3.25. The van der Waals surface area contributed by atoms with E-state index < -0.39 is 6.36 Å². The van der Waals surface area contributed by atoms with E-state index >= 15 is 0 Å². The third kappa shape index (κ3) is 52.0. The molecule has 0 bridgehead atoms. The summed E-state index contributed by atoms with van der Waals surface area (Å²) in [5, 5.41) is 0. The van der Waals surface area contributed by atoms with Gasteiger partial charge >= 0.3 is 0 Å². The van der Waals surface area contributed by atoms with Crippen LogP contribution in [0.25, 0.3) is 0 Å². The molecule has 1 unspecified atom stereocenters. The van der Waals surface area contributed by atoms with Crippen LogP contribution in [0.5, 0.6) is 0 Å². The van der Waals surface area contributed by atoms with E-state index in [1.165, 1.54) is 6.92 Å². The van der Waals surface area contributed by atoms with Crippen molar-refractivity contribution in [3.05, 3.63) is 0 Å². The van der Waals surface area contributed by atoms with Crippen molar-refractivity contribution in [3.63, 3.8) is 0 Å². The van der Waals surface area contributed by atoms with Crippen LogP contribution < -0.4 is 0 Å². The van der Waals surface area contributed by atoms with Crippen LogP contribution in [-0.2, 0) is 9.47 Å². The Balaban J connectivity index is -0.000000137. The number of ether oxygens (including phenoxy) is 2. The monoisotopic (exact) mass is 182 g/mol. The van der Waals surface area contributed by atoms with Crippen molar-refractivity contribution in [3.8, 4) is 0 Å². The first-order chi connectivity index (χ1) is 5.54. The second-order valence-corrected chi connectivity index (χ2v) is 2.14. The van der Waals surface area contributed by atoms with Gasteiger partial charge in [-0.3, -0.25) is 0 Å². The van der Waals surface area contributed by atoms with Gasteiger partial charge in [0.15, 0.2) is 6.36 Å². The van der Waals surface area contributed by atoms with Crippen LogP contribution in [0.2, 0.25) is 0 Å². The minimum Gasteiger partial charge on any atom is -0.388 e. The molecule has 0 spiro atoms. The zero-order valence-electron chi connectivity index (χ0n) is 9.35. The van der Waals surface area contributed by atoms with Crippen LogP contribution in [0.1, 0.15) is 34.6 Å². The predicted molar refractivity (Wildman–Crippen MR) is 51.1 cm³/mol. The second-order valence-electron chi connectivity index (χ2n) is 2.14. The molecule has 0 radical (unpaired) electrons. The summed E-state index contributed by atoms with van der Waals surface area (Å²) < 4.78 is 20.6. The Morgan fingerprint density at radius 3 is 1.25 bits per heavy atom. The third-order valence-electron chi connectivity index (χ3n) is 0.460. The predicted octanol–water partition coefficient (Wildman–Crippen LogP) is 3.02. The van der Waals surface area contributed by atoms with Crippen LogP contribution in [-0.4, -0.2) is 26.7 Å². The van der Waals surface area contributed by atoms with Crippen molar-refractivity contribution < 1.29 is 13.9 Å². The summed E-state index contributed by atoms with van der Waals surface area (Å²) >= 11 is 0. The van der Waals surface area contributed by atoms with Crippen LogP contribution in [0.3, 0.4) is 0 Å². The van der Waals surface area contributed by atoms with Crippen LogP contribution in [0.4, 0.5) is 4.39 Å². The third-order valence-corrected chi connectivity index (χ3v) is 0.460. The van der Waals surface area contributed by atoms with E-state index in [4.69, 9.17) is 0 Å². The molecule has 0 fully saturated rings. The van der Waals surface area contributed by atoms with Crippen LogP contribution in [0, 0.1) is 0 Å². The summed E-state index contributed by atoms with van der Waals surface area (Å²) in [4.78, 5) is 0. The molecule has 0 rings (SSSR count). The Labute approximate surface area is 76.1 Å². The molecule has 0 saturated heterocycles. The molecule has 0 aromatic heterocycles. The number of methoxy groups -OCH3 is 1. The van der Waals surface area contributed by atoms with E-state index in [2.05, 4.69) is 9.47 Å². The molecule has 0 aromatic rings. The summed E-state index contributed by atoms with van der Waals surface area (Å²) in [6.45, 7) is 8.98. The van der Waals surface area contributed by atoms with E-state index in [0.717, 1.165) is 0 Å². The lowest BCUT2D eigenvalue weighted by atomic mass is 10.5. The molecule has 0 aliphatic heterocycles. The number of rotatable bonds is 2. The first-order valence-electron chi connectivity index (χ1n) is 4.24. The molecule has 0 aliphatic carbocycles. The van der Waals surface area contributed by atoms with Gasteiger partial charge in [0.05, 0.1) is 6.10 Å². The first kappa shape index (κ1) is 17.8. The quantitative estimate of drug-likeness (QED) is 0.653. The molecule has 0 saturated carbocycles. The van der Waals surface area contributed by atoms with E-state index in [-0.39, 0.29) is 6.10 Å². The minimum absolute atomic E-state index is 0.000000000000000222. The largest absolute Gasteiger partial charge is 0.388 e. The average Bonchev–Trinajstić information content (AvgIpc) is 1.90. The summed E-state index contributed by atoms with van der Waals surface area (Å²) in [6.07, 6.45) is -1.13. The van der Waals surface area contributed by atoms with Crippen molar-refractivity contribution in [1.82, 2.24) is 0 Å². The van der Waals surface area contributed by atoms with E-state index in [1.807, 2.05) is 13.8 Å². The Hall–Kier alpha value is -0.150. The van der Waals surface area contributed by atoms with Crippen molar-refractivity contribution in [2.75, 3.05) is 14.2 Å². The maximum Gasteiger partial charge on any atom is 0.196 e. The Morgan fingerprint density at radius 1 is 1.00 bits per heavy atom. The molecule has 3 heteroatoms. The minimum atomic E-state index is -1.13. The van der Waals surface area contributed by atoms with Gasteiger partial charge in [-0.2, -0.15) is 0 Å². The van der Waals surface area contributed by atoms with E-state index in [9.17, 15) is 4.39 Å². The van der Waals surface area contributed by atoms with Gasteiger partial charge in [-0.15, -0.1) is 0 Å². The van der Waals surface area contributed by atoms with Crippen molar-refractivity contribution >= 4 is 0 Å². The van der Waals surface area contributed by atoms with Crippen molar-refractivity contribution in [2.24, 2.45) is 0 Å². The van der Waals surface area contributed by atoms with Gasteiger partial charge in [0.25, 0.3) is 0 Å². The van der Waals surface area contributed by atoms with Crippen molar-refractivity contribution in [2.45, 2.75) is 47.1 Å². The first-order valence-corrected chi connectivity index (χ1v) is 4.24. The topological polar surface area (TPSA) is 18.5 Å². The molecule has 0 N–H and O–H groups in total. The highest BCUT2D eigenvalue weighted by molar-refractivity contribution is 4.34. The van der Waals surface area contributed by atoms with Gasteiger partial charge in [0.1, 0.15) is 0 Å². The van der Waals surface area contributed by atoms with Crippen LogP contribution in [0.15, 0.2) is 0 Å². The average molecular weight is 182 g/mol. The van der Waals surface area contributed by atoms with Gasteiger partial charge in [0.2, 0.25) is 0 Å². The second kappa shape index (κ2) is 17.1. The molecular weight excluding hydrogens is 159 g/mol. The molecule has 0 heterocycles. The molecule has 0 amide bonds. The highest BCUT2D eigenvalue weighted by Gasteiger charge is 1.97. The molecule has 0 aromatic carbocycles. The molecule has 0 aliphatic rings. The zero-order chi connectivity index (χ0) is 10.6. The van der Waals surface area contributed by atoms with Gasteiger partial charge in [0, 0.05) is 14.2 Å². The zero-order valence-corrected chi connectivity index (χ0v) is 9.35. The fraction of sp³-hybridized carbons (Fsp3) is 1.00. The van der Waals surface area contributed by atoms with E-state index in [0.29, 0.717) is 0 Å². The summed E-state index contributed by atoms with van der Waals surface area (Å²) in [5.41, 5.74) is 0. The van der Waals surface area contributed by atoms with Crippen molar-refractivity contribution in [1.29, 1.82) is 0 Å². The fourth-order valence-corrected chi connectivity index (χ4v) is 0.375. The van der Waals surface area contributed by atoms with Crippen LogP contribution >= 0.6 is 0 Å². The Bertz CT molecular complexity index is 50.5. The maximum absolute atomic E-state index is 11.7. The maximum atomic E-state index is 11.7. The smallest absolute Gasteiger partial charge is 0.196 e. The highest BCUT2D eigenvalue weighted by atomic mass is 19.1. The summed E-state index contributed by atoms with van der Waals surface area (Å²) in [5.74, 6) is 0. The molecule has 12 heavy (non-hydrogen) atoms. The molecule has 1 atom stereocenters. The molecule has 78 valence electrons. The summed E-state index contributed by atoms with van der Waals surface area (Å²) in [6, 6.07) is 0. The normalized spacial score (nSPS) is 10.8. The van der Waals surface area contributed by atoms with Gasteiger partial charge < -0.3 is 9.47 Å². The lowest BCUT2D eigenvalue weighted by molar-refractivity contribution is -0.0586. The number of hydrogen-bond acceptors (Lipinski definition) is 2. The molecular formula is C9H23FO2. The Kier molecular flexibility index (Phi) is 25.4. The lowest BCUT2D eigenvalue weighted by Crippen LogP contribution is -2.08. The van der Waals surface area contributed by atoms with Gasteiger partial charge in [-0.25, -0.2) is 4.39 Å². The number of halogens is 1. The molecule has 2 nitrogen and oxygen atoms in total. The number of alkyl halides is 1. The lowest BCUT2D eigenvalue weighted by Gasteiger charge is -2.06.